The van der Waals surface area contributed by atoms with Crippen molar-refractivity contribution in [3.05, 3.63) is 34.6 Å². The molecule has 0 radical (unpaired) electrons. The van der Waals surface area contributed by atoms with Crippen LogP contribution in [0, 0.1) is 0 Å². The lowest BCUT2D eigenvalue weighted by molar-refractivity contribution is 0.423. The summed E-state index contributed by atoms with van der Waals surface area (Å²) >= 11 is 0. The van der Waals surface area contributed by atoms with Gasteiger partial charge in [0.1, 0.15) is 0 Å². The molecule has 3 heterocycles. The molecule has 90 valence electrons. The first-order valence-electron chi connectivity index (χ1n) is 5.72. The Morgan fingerprint density at radius 1 is 1.44 bits per heavy atom. The molecule has 7 nitrogen and oxygen atoms in total. The average molecular weight is 243 g/mol. The van der Waals surface area contributed by atoms with Gasteiger partial charge in [0.15, 0.2) is 11.5 Å². The molecule has 18 heavy (non-hydrogen) atoms. The van der Waals surface area contributed by atoms with E-state index in [1.54, 1.807) is 18.3 Å². The van der Waals surface area contributed by atoms with E-state index in [0.29, 0.717) is 23.0 Å². The Balaban J connectivity index is 1.92. The second kappa shape index (κ2) is 3.28. The number of nitrogens with zero attached hydrogens (tertiary/aromatic N) is 4. The van der Waals surface area contributed by atoms with E-state index in [1.807, 2.05) is 0 Å². The van der Waals surface area contributed by atoms with Crippen molar-refractivity contribution in [1.82, 2.24) is 24.7 Å². The summed E-state index contributed by atoms with van der Waals surface area (Å²) in [6.45, 7) is 0. The summed E-state index contributed by atoms with van der Waals surface area (Å²) < 4.78 is 6.65. The van der Waals surface area contributed by atoms with Gasteiger partial charge in [0.05, 0.1) is 5.56 Å². The Kier molecular flexibility index (Phi) is 1.75. The van der Waals surface area contributed by atoms with Crippen molar-refractivity contribution >= 4 is 5.65 Å². The number of hydrogen-bond acceptors (Lipinski definition) is 5. The van der Waals surface area contributed by atoms with Crippen LogP contribution >= 0.6 is 0 Å². The molecule has 1 N–H and O–H groups in total. The molecule has 1 aliphatic rings. The molecule has 4 rings (SSSR count). The Morgan fingerprint density at radius 2 is 2.33 bits per heavy atom. The van der Waals surface area contributed by atoms with Crippen LogP contribution < -0.4 is 5.69 Å². The fourth-order valence-electron chi connectivity index (χ4n) is 1.95. The fourth-order valence-corrected chi connectivity index (χ4v) is 1.95. The van der Waals surface area contributed by atoms with Crippen LogP contribution in [0.4, 0.5) is 0 Å². The minimum Gasteiger partial charge on any atom is -0.334 e. The standard InChI is InChI=1S/C11H9N5O2/c17-11-14-13-9-7(2-1-5-16(9)11)10-12-8(15-18-10)6-3-4-6/h1-2,5-6H,3-4H2,(H,14,17). The Hall–Kier alpha value is -2.44. The number of pyridine rings is 1. The fraction of sp³-hybridized carbons (Fsp3) is 0.273. The van der Waals surface area contributed by atoms with Crippen LogP contribution in [-0.2, 0) is 0 Å². The number of hydrogen-bond donors (Lipinski definition) is 1. The average Bonchev–Trinajstić information content (AvgIpc) is 3.01. The van der Waals surface area contributed by atoms with Crippen LogP contribution in [-0.4, -0.2) is 24.7 Å². The quantitative estimate of drug-likeness (QED) is 0.723. The van der Waals surface area contributed by atoms with Crippen molar-refractivity contribution in [2.75, 3.05) is 0 Å². The lowest BCUT2D eigenvalue weighted by Crippen LogP contribution is -2.08. The third-order valence-electron chi connectivity index (χ3n) is 3.06. The van der Waals surface area contributed by atoms with Crippen LogP contribution in [0.1, 0.15) is 24.6 Å². The SMILES string of the molecule is O=c1[nH]nc2c(-c3nc(C4CC4)no3)cccn12. The second-order valence-electron chi connectivity index (χ2n) is 4.38. The van der Waals surface area contributed by atoms with E-state index in [-0.39, 0.29) is 5.69 Å². The number of H-pyrrole nitrogens is 1. The summed E-state index contributed by atoms with van der Waals surface area (Å²) in [6, 6.07) is 3.56. The summed E-state index contributed by atoms with van der Waals surface area (Å²) in [6.07, 6.45) is 3.87. The molecule has 0 aromatic carbocycles. The van der Waals surface area contributed by atoms with Gasteiger partial charge in [-0.1, -0.05) is 5.16 Å². The zero-order chi connectivity index (χ0) is 12.1. The van der Waals surface area contributed by atoms with Gasteiger partial charge >= 0.3 is 5.69 Å². The van der Waals surface area contributed by atoms with Gasteiger partial charge in [-0.2, -0.15) is 10.1 Å². The van der Waals surface area contributed by atoms with Crippen LogP contribution in [0.15, 0.2) is 27.6 Å². The predicted octanol–water partition coefficient (Wildman–Crippen LogP) is 0.950. The van der Waals surface area contributed by atoms with Gasteiger partial charge in [0.25, 0.3) is 5.89 Å². The molecule has 0 unspecified atom stereocenters. The monoisotopic (exact) mass is 243 g/mol. The van der Waals surface area contributed by atoms with Crippen molar-refractivity contribution in [3.63, 3.8) is 0 Å². The molecule has 0 amide bonds. The summed E-state index contributed by atoms with van der Waals surface area (Å²) in [5, 5.41) is 10.3. The molecular formula is C11H9N5O2. The van der Waals surface area contributed by atoms with Crippen LogP contribution in [0.25, 0.3) is 17.1 Å². The van der Waals surface area contributed by atoms with Crippen molar-refractivity contribution in [3.8, 4) is 11.5 Å². The number of aromatic nitrogens is 5. The summed E-state index contributed by atoms with van der Waals surface area (Å²) in [4.78, 5) is 15.8. The Labute approximate surface area is 100 Å². The van der Waals surface area contributed by atoms with E-state index in [9.17, 15) is 4.79 Å². The molecule has 0 spiro atoms. The predicted molar refractivity (Wildman–Crippen MR) is 61.1 cm³/mol. The van der Waals surface area contributed by atoms with Crippen LogP contribution in [0.3, 0.4) is 0 Å². The number of fused-ring (bicyclic) bond motifs is 1. The zero-order valence-corrected chi connectivity index (χ0v) is 9.33. The molecule has 1 aliphatic carbocycles. The van der Waals surface area contributed by atoms with E-state index in [2.05, 4.69) is 20.3 Å². The van der Waals surface area contributed by atoms with E-state index in [4.69, 9.17) is 4.52 Å². The second-order valence-corrected chi connectivity index (χ2v) is 4.38. The smallest absolute Gasteiger partial charge is 0.334 e. The first-order chi connectivity index (χ1) is 8.83. The van der Waals surface area contributed by atoms with E-state index < -0.39 is 0 Å². The molecule has 3 aromatic heterocycles. The highest BCUT2D eigenvalue weighted by Crippen LogP contribution is 2.39. The number of rotatable bonds is 2. The van der Waals surface area contributed by atoms with Gasteiger partial charge in [0, 0.05) is 12.1 Å². The molecule has 7 heteroatoms. The van der Waals surface area contributed by atoms with Gasteiger partial charge < -0.3 is 4.52 Å². The minimum absolute atomic E-state index is 0.284. The molecule has 1 saturated carbocycles. The minimum atomic E-state index is -0.284. The molecular weight excluding hydrogens is 234 g/mol. The Bertz CT molecular complexity index is 780. The topological polar surface area (TPSA) is 89.1 Å². The molecule has 1 fully saturated rings. The first kappa shape index (κ1) is 9.58. The summed E-state index contributed by atoms with van der Waals surface area (Å²) in [5.74, 6) is 1.58. The number of aromatic amines is 1. The normalized spacial score (nSPS) is 15.3. The van der Waals surface area contributed by atoms with Gasteiger partial charge in [-0.3, -0.25) is 0 Å². The van der Waals surface area contributed by atoms with E-state index in [1.165, 1.54) is 4.40 Å². The highest BCUT2D eigenvalue weighted by Gasteiger charge is 2.29. The molecule has 0 aliphatic heterocycles. The van der Waals surface area contributed by atoms with Gasteiger partial charge in [-0.25, -0.2) is 14.3 Å². The third-order valence-corrected chi connectivity index (χ3v) is 3.06. The summed E-state index contributed by atoms with van der Waals surface area (Å²) in [7, 11) is 0. The maximum Gasteiger partial charge on any atom is 0.347 e. The van der Waals surface area contributed by atoms with Crippen molar-refractivity contribution < 1.29 is 4.52 Å². The van der Waals surface area contributed by atoms with Crippen LogP contribution in [0.5, 0.6) is 0 Å². The number of nitrogens with one attached hydrogen (secondary N) is 1. The van der Waals surface area contributed by atoms with Gasteiger partial charge in [-0.15, -0.1) is 0 Å². The first-order valence-corrected chi connectivity index (χ1v) is 5.72. The van der Waals surface area contributed by atoms with E-state index in [0.717, 1.165) is 18.7 Å². The lowest BCUT2D eigenvalue weighted by Gasteiger charge is -1.95. The zero-order valence-electron chi connectivity index (χ0n) is 9.33. The van der Waals surface area contributed by atoms with Gasteiger partial charge in [-0.05, 0) is 25.0 Å². The van der Waals surface area contributed by atoms with E-state index >= 15 is 0 Å². The maximum absolute atomic E-state index is 11.5. The molecule has 3 aromatic rings. The highest BCUT2D eigenvalue weighted by molar-refractivity contribution is 5.70. The Morgan fingerprint density at radius 3 is 3.17 bits per heavy atom. The van der Waals surface area contributed by atoms with Crippen molar-refractivity contribution in [1.29, 1.82) is 0 Å². The van der Waals surface area contributed by atoms with Crippen LogP contribution in [0.2, 0.25) is 0 Å². The molecule has 0 saturated heterocycles. The maximum atomic E-state index is 11.5. The largest absolute Gasteiger partial charge is 0.347 e. The highest BCUT2D eigenvalue weighted by atomic mass is 16.5. The van der Waals surface area contributed by atoms with Crippen molar-refractivity contribution in [2.24, 2.45) is 0 Å². The third kappa shape index (κ3) is 1.30. The summed E-state index contributed by atoms with van der Waals surface area (Å²) in [5.41, 5.74) is 0.873. The van der Waals surface area contributed by atoms with Crippen molar-refractivity contribution in [2.45, 2.75) is 18.8 Å². The van der Waals surface area contributed by atoms with Gasteiger partial charge in [0.2, 0.25) is 0 Å². The molecule has 0 atom stereocenters. The molecule has 0 bridgehead atoms. The lowest BCUT2D eigenvalue weighted by atomic mass is 10.2.